The van der Waals surface area contributed by atoms with E-state index >= 15 is 0 Å². The largest absolute Gasteiger partial charge is 0.513 e. The van der Waals surface area contributed by atoms with E-state index in [1.165, 1.54) is 0 Å². The van der Waals surface area contributed by atoms with Crippen LogP contribution in [0.3, 0.4) is 0 Å². The fraction of sp³-hybridized carbons (Fsp3) is 0.706. The van der Waals surface area contributed by atoms with Gasteiger partial charge < -0.3 is 19.7 Å². The Morgan fingerprint density at radius 3 is 1.67 bits per heavy atom. The van der Waals surface area contributed by atoms with Crippen LogP contribution in [0.5, 0.6) is 0 Å². The molecule has 0 saturated heterocycles. The molecule has 0 unspecified atom stereocenters. The van der Waals surface area contributed by atoms with E-state index in [2.05, 4.69) is 6.58 Å². The van der Waals surface area contributed by atoms with Gasteiger partial charge in [0.1, 0.15) is 12.2 Å². The summed E-state index contributed by atoms with van der Waals surface area (Å²) in [4.78, 5) is 34.0. The maximum Gasteiger partial charge on any atom is 0.306 e. The summed E-state index contributed by atoms with van der Waals surface area (Å²) < 4.78 is 10.9. The van der Waals surface area contributed by atoms with E-state index in [1.807, 2.05) is 0 Å². The zero-order chi connectivity index (χ0) is 17.7. The highest BCUT2D eigenvalue weighted by Crippen LogP contribution is 2.47. The van der Waals surface area contributed by atoms with Crippen LogP contribution in [0.25, 0.3) is 0 Å². The second-order valence-corrected chi connectivity index (χ2v) is 6.50. The van der Waals surface area contributed by atoms with Crippen molar-refractivity contribution in [2.45, 2.75) is 63.6 Å². The molecule has 0 aromatic carbocycles. The van der Waals surface area contributed by atoms with Crippen LogP contribution in [0, 0.1) is 11.8 Å². The molecule has 24 heavy (non-hydrogen) atoms. The summed E-state index contributed by atoms with van der Waals surface area (Å²) >= 11 is 0. The Morgan fingerprint density at radius 2 is 1.25 bits per heavy atom. The van der Waals surface area contributed by atoms with Crippen molar-refractivity contribution in [1.29, 1.82) is 0 Å². The molecule has 0 radical (unpaired) electrons. The second-order valence-electron chi connectivity index (χ2n) is 6.50. The molecule has 0 spiro atoms. The topological polar surface area (TPSA) is 110 Å². The normalized spacial score (nSPS) is 28.2. The molecule has 0 aliphatic heterocycles. The van der Waals surface area contributed by atoms with E-state index in [0.29, 0.717) is 0 Å². The van der Waals surface area contributed by atoms with Gasteiger partial charge in [0.15, 0.2) is 0 Å². The van der Waals surface area contributed by atoms with Gasteiger partial charge in [-0.05, 0) is 25.7 Å². The Bertz CT molecular complexity index is 467. The zero-order valence-electron chi connectivity index (χ0n) is 13.6. The third kappa shape index (κ3) is 4.97. The minimum absolute atomic E-state index is 0.0366. The lowest BCUT2D eigenvalue weighted by Gasteiger charge is -2.21. The molecule has 0 aromatic heterocycles. The van der Waals surface area contributed by atoms with Gasteiger partial charge in [0.2, 0.25) is 0 Å². The van der Waals surface area contributed by atoms with Gasteiger partial charge in [-0.2, -0.15) is 0 Å². The number of esters is 2. The Hall–Kier alpha value is -2.05. The second kappa shape index (κ2) is 8.17. The lowest BCUT2D eigenvalue weighted by molar-refractivity contribution is -0.155. The molecule has 7 heteroatoms. The van der Waals surface area contributed by atoms with Crippen LogP contribution in [-0.2, 0) is 23.9 Å². The molecular weight excluding hydrogens is 316 g/mol. The minimum atomic E-state index is -1.02. The highest BCUT2D eigenvalue weighted by Gasteiger charge is 2.48. The third-order valence-electron chi connectivity index (χ3n) is 4.80. The van der Waals surface area contributed by atoms with Crippen molar-refractivity contribution < 1.29 is 34.1 Å². The quantitative estimate of drug-likeness (QED) is 0.515. The van der Waals surface area contributed by atoms with E-state index < -0.39 is 11.9 Å². The molecule has 2 saturated carbocycles. The van der Waals surface area contributed by atoms with Crippen LogP contribution >= 0.6 is 0 Å². The van der Waals surface area contributed by atoms with Gasteiger partial charge in [-0.15, -0.1) is 0 Å². The molecule has 2 aliphatic rings. The first kappa shape index (κ1) is 18.3. The molecule has 134 valence electrons. The first-order chi connectivity index (χ1) is 11.4. The minimum Gasteiger partial charge on any atom is -0.513 e. The SMILES string of the molecule is C=C(O)CCC(=O)O[C@@H]1CC[C@H]2[C@@H]1CC[C@H]2OC(=O)CCC(=O)O. The van der Waals surface area contributed by atoms with Crippen molar-refractivity contribution in [3.05, 3.63) is 12.3 Å². The van der Waals surface area contributed by atoms with Crippen LogP contribution < -0.4 is 0 Å². The predicted molar refractivity (Wildman–Crippen MR) is 83.1 cm³/mol. The first-order valence-electron chi connectivity index (χ1n) is 8.34. The van der Waals surface area contributed by atoms with Gasteiger partial charge in [-0.1, -0.05) is 6.58 Å². The van der Waals surface area contributed by atoms with Gasteiger partial charge in [0.25, 0.3) is 0 Å². The molecule has 2 fully saturated rings. The van der Waals surface area contributed by atoms with Crippen LogP contribution in [-0.4, -0.2) is 40.3 Å². The zero-order valence-corrected chi connectivity index (χ0v) is 13.6. The number of fused-ring (bicyclic) bond motifs is 1. The number of hydrogen-bond acceptors (Lipinski definition) is 6. The highest BCUT2D eigenvalue weighted by atomic mass is 16.6. The van der Waals surface area contributed by atoms with E-state index in [-0.39, 0.29) is 61.5 Å². The van der Waals surface area contributed by atoms with Crippen molar-refractivity contribution in [1.82, 2.24) is 0 Å². The van der Waals surface area contributed by atoms with Gasteiger partial charge in [0, 0.05) is 18.3 Å². The molecule has 0 bridgehead atoms. The number of allylic oxidation sites excluding steroid dienone is 1. The fourth-order valence-corrected chi connectivity index (χ4v) is 3.70. The number of carboxylic acid groups (broad SMARTS) is 1. The highest BCUT2D eigenvalue weighted by molar-refractivity contribution is 5.76. The van der Waals surface area contributed by atoms with Crippen molar-refractivity contribution in [2.75, 3.05) is 0 Å². The van der Waals surface area contributed by atoms with Crippen LogP contribution in [0.15, 0.2) is 12.3 Å². The van der Waals surface area contributed by atoms with Gasteiger partial charge >= 0.3 is 17.9 Å². The number of aliphatic hydroxyl groups excluding tert-OH is 1. The lowest BCUT2D eigenvalue weighted by atomic mass is 9.98. The average Bonchev–Trinajstić information content (AvgIpc) is 3.07. The maximum atomic E-state index is 11.8. The maximum absolute atomic E-state index is 11.8. The van der Waals surface area contributed by atoms with Crippen molar-refractivity contribution >= 4 is 17.9 Å². The molecule has 0 aromatic rings. The average molecular weight is 340 g/mol. The monoisotopic (exact) mass is 340 g/mol. The summed E-state index contributed by atoms with van der Waals surface area (Å²) in [6.07, 6.45) is 2.69. The number of ether oxygens (including phenoxy) is 2. The summed E-state index contributed by atoms with van der Waals surface area (Å²) in [7, 11) is 0. The third-order valence-corrected chi connectivity index (χ3v) is 4.80. The number of aliphatic hydroxyl groups is 1. The van der Waals surface area contributed by atoms with Crippen molar-refractivity contribution in [3.63, 3.8) is 0 Å². The van der Waals surface area contributed by atoms with E-state index in [9.17, 15) is 14.4 Å². The summed E-state index contributed by atoms with van der Waals surface area (Å²) in [6, 6.07) is 0. The van der Waals surface area contributed by atoms with Gasteiger partial charge in [0.05, 0.1) is 25.0 Å². The predicted octanol–water partition coefficient (Wildman–Crippen LogP) is 2.35. The Kier molecular flexibility index (Phi) is 6.23. The van der Waals surface area contributed by atoms with Crippen LogP contribution in [0.2, 0.25) is 0 Å². The van der Waals surface area contributed by atoms with Gasteiger partial charge in [-0.25, -0.2) is 0 Å². The van der Waals surface area contributed by atoms with Crippen molar-refractivity contribution in [3.8, 4) is 0 Å². The molecule has 0 amide bonds. The summed E-state index contributed by atoms with van der Waals surface area (Å²) in [6.45, 7) is 3.34. The van der Waals surface area contributed by atoms with Crippen LogP contribution in [0.4, 0.5) is 0 Å². The summed E-state index contributed by atoms with van der Waals surface area (Å²) in [5.41, 5.74) is 0. The summed E-state index contributed by atoms with van der Waals surface area (Å²) in [5, 5.41) is 17.6. The van der Waals surface area contributed by atoms with E-state index in [4.69, 9.17) is 19.7 Å². The summed E-state index contributed by atoms with van der Waals surface area (Å²) in [5.74, 6) is -1.53. The van der Waals surface area contributed by atoms with E-state index in [1.54, 1.807) is 0 Å². The molecule has 7 nitrogen and oxygen atoms in total. The first-order valence-corrected chi connectivity index (χ1v) is 8.34. The molecule has 2 N–H and O–H groups in total. The lowest BCUT2D eigenvalue weighted by Crippen LogP contribution is -2.26. The van der Waals surface area contributed by atoms with Crippen molar-refractivity contribution in [2.24, 2.45) is 11.8 Å². The molecule has 2 aliphatic carbocycles. The number of carbonyl (C=O) groups is 3. The Balaban J connectivity index is 1.78. The fourth-order valence-electron chi connectivity index (χ4n) is 3.70. The molecule has 2 rings (SSSR count). The Morgan fingerprint density at radius 1 is 0.792 bits per heavy atom. The number of hydrogen-bond donors (Lipinski definition) is 2. The smallest absolute Gasteiger partial charge is 0.306 e. The molecule has 0 heterocycles. The number of rotatable bonds is 8. The standard InChI is InChI=1S/C17H24O7/c1-10(18)2-8-16(21)23-13-5-3-12-11(13)4-6-14(12)24-17(22)9-7-15(19)20/h11-14,18H,1-9H2,(H,19,20)/t11-,12-,13+,14+/m0/s1. The van der Waals surface area contributed by atoms with Gasteiger partial charge in [-0.3, -0.25) is 14.4 Å². The van der Waals surface area contributed by atoms with E-state index in [0.717, 1.165) is 25.7 Å². The molecular formula is C17H24O7. The number of carbonyl (C=O) groups excluding carboxylic acids is 2. The van der Waals surface area contributed by atoms with Crippen LogP contribution in [0.1, 0.15) is 51.4 Å². The Labute approximate surface area is 140 Å². The number of aliphatic carboxylic acids is 1. The molecule has 4 atom stereocenters. The number of carboxylic acids is 1.